The number of rotatable bonds is 2. The van der Waals surface area contributed by atoms with Gasteiger partial charge in [0.2, 0.25) is 0 Å². The van der Waals surface area contributed by atoms with Crippen LogP contribution in [0, 0.1) is 20.8 Å². The molecule has 0 radical (unpaired) electrons. The Kier molecular flexibility index (Phi) is 3.01. The van der Waals surface area contributed by atoms with Crippen LogP contribution in [0.25, 0.3) is 0 Å². The lowest BCUT2D eigenvalue weighted by atomic mass is 10.1. The molecular weight excluding hydrogens is 220 g/mol. The zero-order valence-electron chi connectivity index (χ0n) is 9.79. The Bertz CT molecular complexity index is 515. The van der Waals surface area contributed by atoms with Gasteiger partial charge in [0, 0.05) is 5.56 Å². The third-order valence-electron chi connectivity index (χ3n) is 2.76. The molecule has 0 spiro atoms. The van der Waals surface area contributed by atoms with Gasteiger partial charge >= 0.3 is 0 Å². The van der Waals surface area contributed by atoms with Crippen molar-refractivity contribution in [3.05, 3.63) is 51.8 Å². The molecule has 1 heterocycles. The van der Waals surface area contributed by atoms with E-state index in [0.29, 0.717) is 0 Å². The van der Waals surface area contributed by atoms with Crippen LogP contribution in [0.1, 0.15) is 22.4 Å². The number of hydrogen-bond acceptors (Lipinski definition) is 1. The first-order valence-electron chi connectivity index (χ1n) is 5.33. The van der Waals surface area contributed by atoms with Crippen molar-refractivity contribution in [2.75, 3.05) is 0 Å². The molecule has 0 saturated carbocycles. The van der Waals surface area contributed by atoms with Gasteiger partial charge < -0.3 is 0 Å². The second-order valence-corrected chi connectivity index (χ2v) is 4.51. The van der Waals surface area contributed by atoms with Crippen LogP contribution in [0.4, 0.5) is 0 Å². The van der Waals surface area contributed by atoms with Crippen LogP contribution in [0.3, 0.4) is 0 Å². The minimum absolute atomic E-state index is 0.731. The van der Waals surface area contributed by atoms with Crippen molar-refractivity contribution in [3.63, 3.8) is 0 Å². The molecule has 16 heavy (non-hydrogen) atoms. The normalized spacial score (nSPS) is 10.8. The van der Waals surface area contributed by atoms with Gasteiger partial charge in [-0.05, 0) is 26.3 Å². The van der Waals surface area contributed by atoms with Gasteiger partial charge in [-0.1, -0.05) is 41.4 Å². The lowest BCUT2D eigenvalue weighted by Crippen LogP contribution is -2.02. The smallest absolute Gasteiger partial charge is 0.130 e. The first kappa shape index (κ1) is 11.2. The van der Waals surface area contributed by atoms with Gasteiger partial charge in [-0.15, -0.1) is 0 Å². The summed E-state index contributed by atoms with van der Waals surface area (Å²) in [5.74, 6) is 0. The van der Waals surface area contributed by atoms with Crippen molar-refractivity contribution in [2.24, 2.45) is 0 Å². The van der Waals surface area contributed by atoms with Gasteiger partial charge in [-0.3, -0.25) is 0 Å². The fourth-order valence-corrected chi connectivity index (χ4v) is 1.97. The highest BCUT2D eigenvalue weighted by atomic mass is 35.5. The molecular formula is C13H15ClN2. The van der Waals surface area contributed by atoms with Crippen LogP contribution >= 0.6 is 11.6 Å². The Morgan fingerprint density at radius 2 is 2.00 bits per heavy atom. The summed E-state index contributed by atoms with van der Waals surface area (Å²) >= 11 is 6.20. The maximum atomic E-state index is 6.20. The molecule has 0 fully saturated rings. The van der Waals surface area contributed by atoms with E-state index in [0.717, 1.165) is 23.0 Å². The summed E-state index contributed by atoms with van der Waals surface area (Å²) in [7, 11) is 0. The first-order chi connectivity index (χ1) is 7.58. The SMILES string of the molecule is Cc1cccc(Cn2nc(C)c(C)c2Cl)c1. The minimum atomic E-state index is 0.731. The molecule has 0 aliphatic rings. The monoisotopic (exact) mass is 234 g/mol. The van der Waals surface area contributed by atoms with E-state index in [1.165, 1.54) is 11.1 Å². The van der Waals surface area contributed by atoms with E-state index in [9.17, 15) is 0 Å². The highest BCUT2D eigenvalue weighted by Crippen LogP contribution is 2.19. The van der Waals surface area contributed by atoms with E-state index >= 15 is 0 Å². The van der Waals surface area contributed by atoms with Crippen molar-refractivity contribution in [1.82, 2.24) is 9.78 Å². The van der Waals surface area contributed by atoms with Crippen molar-refractivity contribution < 1.29 is 0 Å². The molecule has 0 saturated heterocycles. The van der Waals surface area contributed by atoms with E-state index in [4.69, 9.17) is 11.6 Å². The molecule has 0 unspecified atom stereocenters. The second kappa shape index (κ2) is 4.30. The van der Waals surface area contributed by atoms with Gasteiger partial charge in [0.1, 0.15) is 5.15 Å². The summed E-state index contributed by atoms with van der Waals surface area (Å²) in [6.07, 6.45) is 0. The molecule has 84 valence electrons. The van der Waals surface area contributed by atoms with Crippen molar-refractivity contribution in [1.29, 1.82) is 0 Å². The number of hydrogen-bond donors (Lipinski definition) is 0. The third kappa shape index (κ3) is 2.12. The average molecular weight is 235 g/mol. The summed E-state index contributed by atoms with van der Waals surface area (Å²) in [6, 6.07) is 8.39. The summed E-state index contributed by atoms with van der Waals surface area (Å²) in [4.78, 5) is 0. The molecule has 0 amide bonds. The maximum Gasteiger partial charge on any atom is 0.130 e. The molecule has 2 aromatic rings. The molecule has 0 bridgehead atoms. The highest BCUT2D eigenvalue weighted by Gasteiger charge is 2.09. The maximum absolute atomic E-state index is 6.20. The summed E-state index contributed by atoms with van der Waals surface area (Å²) in [5.41, 5.74) is 4.55. The van der Waals surface area contributed by atoms with Crippen molar-refractivity contribution in [3.8, 4) is 0 Å². The van der Waals surface area contributed by atoms with Crippen LogP contribution in [0.2, 0.25) is 5.15 Å². The number of halogens is 1. The number of aromatic nitrogens is 2. The lowest BCUT2D eigenvalue weighted by Gasteiger charge is -2.04. The van der Waals surface area contributed by atoms with Crippen LogP contribution in [0.5, 0.6) is 0 Å². The van der Waals surface area contributed by atoms with Gasteiger partial charge in [-0.2, -0.15) is 5.10 Å². The average Bonchev–Trinajstić information content (AvgIpc) is 2.47. The number of benzene rings is 1. The first-order valence-corrected chi connectivity index (χ1v) is 5.71. The van der Waals surface area contributed by atoms with Gasteiger partial charge in [0.25, 0.3) is 0 Å². The van der Waals surface area contributed by atoms with E-state index in [1.54, 1.807) is 0 Å². The molecule has 2 nitrogen and oxygen atoms in total. The van der Waals surface area contributed by atoms with Gasteiger partial charge in [0.05, 0.1) is 12.2 Å². The van der Waals surface area contributed by atoms with Gasteiger partial charge in [0.15, 0.2) is 0 Å². The highest BCUT2D eigenvalue weighted by molar-refractivity contribution is 6.30. The van der Waals surface area contributed by atoms with Crippen LogP contribution in [-0.4, -0.2) is 9.78 Å². The Labute approximate surface area is 101 Å². The summed E-state index contributed by atoms with van der Waals surface area (Å²) < 4.78 is 1.85. The number of aryl methyl sites for hydroxylation is 2. The topological polar surface area (TPSA) is 17.8 Å². The predicted octanol–water partition coefficient (Wildman–Crippen LogP) is 3.51. The van der Waals surface area contributed by atoms with Crippen LogP contribution in [0.15, 0.2) is 24.3 Å². The van der Waals surface area contributed by atoms with Crippen molar-refractivity contribution >= 4 is 11.6 Å². The Morgan fingerprint density at radius 3 is 2.56 bits per heavy atom. The van der Waals surface area contributed by atoms with Crippen LogP contribution in [-0.2, 0) is 6.54 Å². The quantitative estimate of drug-likeness (QED) is 0.778. The molecule has 0 atom stereocenters. The van der Waals surface area contributed by atoms with E-state index in [-0.39, 0.29) is 0 Å². The molecule has 3 heteroatoms. The standard InChI is InChI=1S/C13H15ClN2/c1-9-5-4-6-12(7-9)8-16-13(14)10(2)11(3)15-16/h4-7H,8H2,1-3H3. The molecule has 2 rings (SSSR count). The molecule has 0 N–H and O–H groups in total. The Balaban J connectivity index is 2.30. The largest absolute Gasteiger partial charge is 0.249 e. The number of nitrogens with zero attached hydrogens (tertiary/aromatic N) is 2. The van der Waals surface area contributed by atoms with Gasteiger partial charge in [-0.25, -0.2) is 4.68 Å². The zero-order valence-corrected chi connectivity index (χ0v) is 10.5. The fraction of sp³-hybridized carbons (Fsp3) is 0.308. The van der Waals surface area contributed by atoms with E-state index in [2.05, 4.69) is 36.3 Å². The third-order valence-corrected chi connectivity index (χ3v) is 3.24. The molecule has 0 aliphatic carbocycles. The lowest BCUT2D eigenvalue weighted by molar-refractivity contribution is 0.680. The fourth-order valence-electron chi connectivity index (χ4n) is 1.73. The second-order valence-electron chi connectivity index (χ2n) is 4.15. The van der Waals surface area contributed by atoms with E-state index in [1.807, 2.05) is 18.5 Å². The van der Waals surface area contributed by atoms with E-state index < -0.39 is 0 Å². The minimum Gasteiger partial charge on any atom is -0.249 e. The molecule has 1 aromatic heterocycles. The predicted molar refractivity (Wildman–Crippen MR) is 67.0 cm³/mol. The van der Waals surface area contributed by atoms with Crippen molar-refractivity contribution in [2.45, 2.75) is 27.3 Å². The molecule has 1 aromatic carbocycles. The Morgan fingerprint density at radius 1 is 1.25 bits per heavy atom. The van der Waals surface area contributed by atoms with Crippen LogP contribution < -0.4 is 0 Å². The summed E-state index contributed by atoms with van der Waals surface area (Å²) in [5, 5.41) is 5.15. The summed E-state index contributed by atoms with van der Waals surface area (Å²) in [6.45, 7) is 6.80. The zero-order chi connectivity index (χ0) is 11.7. The Hall–Kier alpha value is -1.28. The molecule has 0 aliphatic heterocycles.